The lowest BCUT2D eigenvalue weighted by atomic mass is 9.90. The van der Waals surface area contributed by atoms with Crippen LogP contribution in [0.4, 0.5) is 10.2 Å². The minimum Gasteiger partial charge on any atom is -0.396 e. The van der Waals surface area contributed by atoms with Crippen LogP contribution in [0.2, 0.25) is 10.0 Å². The van der Waals surface area contributed by atoms with Crippen molar-refractivity contribution >= 4 is 34.9 Å². The van der Waals surface area contributed by atoms with Crippen LogP contribution in [-0.2, 0) is 17.0 Å². The molecule has 25 heavy (non-hydrogen) atoms. The van der Waals surface area contributed by atoms with E-state index in [0.29, 0.717) is 15.6 Å². The predicted octanol–water partition coefficient (Wildman–Crippen LogP) is 3.22. The molecule has 8 heteroatoms. The highest BCUT2D eigenvalue weighted by Crippen LogP contribution is 2.34. The van der Waals surface area contributed by atoms with Gasteiger partial charge in [-0.25, -0.2) is 9.37 Å². The van der Waals surface area contributed by atoms with Crippen LogP contribution in [0.15, 0.2) is 36.5 Å². The van der Waals surface area contributed by atoms with Crippen LogP contribution in [0.25, 0.3) is 0 Å². The number of benzene rings is 1. The van der Waals surface area contributed by atoms with Gasteiger partial charge in [0.25, 0.3) is 5.91 Å². The molecule has 0 fully saturated rings. The maximum absolute atomic E-state index is 15.5. The van der Waals surface area contributed by atoms with Gasteiger partial charge in [-0.3, -0.25) is 4.79 Å². The number of nitrogens with zero attached hydrogens (tertiary/aromatic N) is 1. The second-order valence-corrected chi connectivity index (χ2v) is 6.33. The van der Waals surface area contributed by atoms with Gasteiger partial charge in [-0.2, -0.15) is 0 Å². The number of nitrogens with two attached hydrogens (primary N) is 1. The number of carbonyl (C=O) groups is 1. The monoisotopic (exact) mass is 385 g/mol. The number of amides is 1. The molecule has 0 unspecified atom stereocenters. The van der Waals surface area contributed by atoms with Crippen LogP contribution in [0, 0.1) is 0 Å². The quantitative estimate of drug-likeness (QED) is 0.682. The highest BCUT2D eigenvalue weighted by Gasteiger charge is 2.41. The molecule has 0 spiro atoms. The molecule has 134 valence electrons. The van der Waals surface area contributed by atoms with Gasteiger partial charge in [-0.15, -0.1) is 0 Å². The highest BCUT2D eigenvalue weighted by atomic mass is 35.5. The molecule has 2 aromatic rings. The Hall–Kier alpha value is -1.89. The molecule has 0 aliphatic heterocycles. The fraction of sp³-hybridized carbons (Fsp3) is 0.294. The van der Waals surface area contributed by atoms with Crippen molar-refractivity contribution in [3.63, 3.8) is 0 Å². The molecule has 2 rings (SSSR count). The third kappa shape index (κ3) is 4.60. The second-order valence-electron chi connectivity index (χ2n) is 5.48. The number of hydrogen-bond donors (Lipinski definition) is 3. The number of carbonyl (C=O) groups excluding carboxylic acids is 1. The van der Waals surface area contributed by atoms with Crippen LogP contribution in [0.1, 0.15) is 24.0 Å². The van der Waals surface area contributed by atoms with Crippen molar-refractivity contribution in [2.24, 2.45) is 0 Å². The van der Waals surface area contributed by atoms with E-state index in [4.69, 9.17) is 34.0 Å². The number of aliphatic hydroxyl groups is 1. The number of hydrogen-bond acceptors (Lipinski definition) is 4. The Morgan fingerprint density at radius 2 is 2.12 bits per heavy atom. The summed E-state index contributed by atoms with van der Waals surface area (Å²) in [5, 5.41) is 12.4. The summed E-state index contributed by atoms with van der Waals surface area (Å²) < 4.78 is 15.5. The molecule has 0 radical (unpaired) electrons. The van der Waals surface area contributed by atoms with Crippen LogP contribution in [0.3, 0.4) is 0 Å². The number of alkyl halides is 1. The standard InChI is InChI=1S/C17H18Cl2FN3O2/c18-12-5-4-11(14(19)9-12)10-23-16(25)17(20,6-2-8-24)13-3-1-7-22-15(13)21/h1,3-5,7,9,24H,2,6,8,10H2,(H2,21,22)(H,23,25)/t17-/m0/s1. The van der Waals surface area contributed by atoms with Crippen LogP contribution < -0.4 is 11.1 Å². The molecular weight excluding hydrogens is 368 g/mol. The first kappa shape index (κ1) is 19.4. The number of aliphatic hydroxyl groups excluding tert-OH is 1. The number of halogens is 3. The largest absolute Gasteiger partial charge is 0.396 e. The predicted molar refractivity (Wildman–Crippen MR) is 96.1 cm³/mol. The summed E-state index contributed by atoms with van der Waals surface area (Å²) in [5.41, 5.74) is 3.91. The molecule has 0 saturated heterocycles. The summed E-state index contributed by atoms with van der Waals surface area (Å²) >= 11 is 11.9. The normalized spacial score (nSPS) is 13.3. The number of anilines is 1. The lowest BCUT2D eigenvalue weighted by Gasteiger charge is -2.25. The van der Waals surface area contributed by atoms with Crippen molar-refractivity contribution < 1.29 is 14.3 Å². The molecule has 1 atom stereocenters. The van der Waals surface area contributed by atoms with E-state index < -0.39 is 11.6 Å². The Kier molecular flexibility index (Phi) is 6.58. The number of aromatic nitrogens is 1. The van der Waals surface area contributed by atoms with E-state index in [2.05, 4.69) is 10.3 Å². The molecular formula is C17H18Cl2FN3O2. The minimum atomic E-state index is -2.40. The summed E-state index contributed by atoms with van der Waals surface area (Å²) in [6, 6.07) is 7.73. The third-order valence-corrected chi connectivity index (χ3v) is 4.35. The van der Waals surface area contributed by atoms with Gasteiger partial charge < -0.3 is 16.2 Å². The van der Waals surface area contributed by atoms with Crippen LogP contribution in [-0.4, -0.2) is 22.6 Å². The summed E-state index contributed by atoms with van der Waals surface area (Å²) in [6.07, 6.45) is 1.29. The topological polar surface area (TPSA) is 88.2 Å². The van der Waals surface area contributed by atoms with E-state index in [0.717, 1.165) is 0 Å². The average molecular weight is 386 g/mol. The lowest BCUT2D eigenvalue weighted by molar-refractivity contribution is -0.134. The average Bonchev–Trinajstić information content (AvgIpc) is 2.59. The van der Waals surface area contributed by atoms with Gasteiger partial charge in [0.2, 0.25) is 5.67 Å². The third-order valence-electron chi connectivity index (χ3n) is 3.76. The lowest BCUT2D eigenvalue weighted by Crippen LogP contribution is -2.41. The first-order valence-electron chi connectivity index (χ1n) is 7.61. The molecule has 0 bridgehead atoms. The van der Waals surface area contributed by atoms with E-state index in [1.807, 2.05) is 0 Å². The van der Waals surface area contributed by atoms with E-state index >= 15 is 4.39 Å². The van der Waals surface area contributed by atoms with Crippen molar-refractivity contribution in [1.29, 1.82) is 0 Å². The molecule has 1 aromatic heterocycles. The minimum absolute atomic E-state index is 0.0249. The molecule has 1 amide bonds. The van der Waals surface area contributed by atoms with E-state index in [-0.39, 0.29) is 37.4 Å². The molecule has 5 nitrogen and oxygen atoms in total. The maximum atomic E-state index is 15.5. The van der Waals surface area contributed by atoms with Gasteiger partial charge in [0.1, 0.15) is 5.82 Å². The maximum Gasteiger partial charge on any atom is 0.262 e. The van der Waals surface area contributed by atoms with Gasteiger partial charge >= 0.3 is 0 Å². The Bertz CT molecular complexity index is 760. The molecule has 4 N–H and O–H groups in total. The molecule has 0 saturated carbocycles. The zero-order chi connectivity index (χ0) is 18.4. The Labute approximate surface area is 155 Å². The van der Waals surface area contributed by atoms with Gasteiger partial charge in [-0.05, 0) is 36.6 Å². The van der Waals surface area contributed by atoms with Crippen molar-refractivity contribution in [2.75, 3.05) is 12.3 Å². The Morgan fingerprint density at radius 3 is 2.76 bits per heavy atom. The fourth-order valence-electron chi connectivity index (χ4n) is 2.43. The van der Waals surface area contributed by atoms with E-state index in [1.54, 1.807) is 12.1 Å². The second kappa shape index (κ2) is 8.47. The first-order chi connectivity index (χ1) is 11.9. The van der Waals surface area contributed by atoms with Crippen LogP contribution in [0.5, 0.6) is 0 Å². The smallest absolute Gasteiger partial charge is 0.262 e. The number of nitrogen functional groups attached to an aromatic ring is 1. The Morgan fingerprint density at radius 1 is 1.36 bits per heavy atom. The summed E-state index contributed by atoms with van der Waals surface area (Å²) in [4.78, 5) is 16.4. The molecule has 0 aliphatic carbocycles. The van der Waals surface area contributed by atoms with Crippen molar-refractivity contribution in [2.45, 2.75) is 25.1 Å². The first-order valence-corrected chi connectivity index (χ1v) is 8.37. The SMILES string of the molecule is Nc1ncccc1[C@@](F)(CCCO)C(=O)NCc1ccc(Cl)cc1Cl. The molecule has 1 aromatic carbocycles. The summed E-state index contributed by atoms with van der Waals surface area (Å²) in [6.45, 7) is -0.220. The number of pyridine rings is 1. The van der Waals surface area contributed by atoms with Gasteiger partial charge in [-0.1, -0.05) is 35.3 Å². The van der Waals surface area contributed by atoms with E-state index in [1.165, 1.54) is 24.4 Å². The highest BCUT2D eigenvalue weighted by molar-refractivity contribution is 6.35. The fourth-order valence-corrected chi connectivity index (χ4v) is 2.90. The van der Waals surface area contributed by atoms with Gasteiger partial charge in [0, 0.05) is 35.0 Å². The zero-order valence-electron chi connectivity index (χ0n) is 13.3. The van der Waals surface area contributed by atoms with Gasteiger partial charge in [0.15, 0.2) is 0 Å². The number of nitrogens with one attached hydrogen (secondary N) is 1. The molecule has 1 heterocycles. The van der Waals surface area contributed by atoms with Gasteiger partial charge in [0.05, 0.1) is 0 Å². The Balaban J connectivity index is 2.22. The zero-order valence-corrected chi connectivity index (χ0v) is 14.8. The van der Waals surface area contributed by atoms with Crippen LogP contribution >= 0.6 is 23.2 Å². The van der Waals surface area contributed by atoms with Crippen molar-refractivity contribution in [1.82, 2.24) is 10.3 Å². The molecule has 0 aliphatic rings. The summed E-state index contributed by atoms with van der Waals surface area (Å²) in [7, 11) is 0. The number of rotatable bonds is 7. The van der Waals surface area contributed by atoms with Crippen molar-refractivity contribution in [3.8, 4) is 0 Å². The van der Waals surface area contributed by atoms with Crippen molar-refractivity contribution in [3.05, 3.63) is 57.7 Å². The van der Waals surface area contributed by atoms with E-state index in [9.17, 15) is 4.79 Å². The summed E-state index contributed by atoms with van der Waals surface area (Å²) in [5.74, 6) is -0.936.